The number of carbonyl (C=O) groups is 2. The highest BCUT2D eigenvalue weighted by Gasteiger charge is 2.24. The fourth-order valence-electron chi connectivity index (χ4n) is 2.66. The lowest BCUT2D eigenvalue weighted by Crippen LogP contribution is -2.49. The highest BCUT2D eigenvalue weighted by molar-refractivity contribution is 5.87. The number of nitrogens with zero attached hydrogens (tertiary/aromatic N) is 1. The Hall–Kier alpha value is -3.39. The zero-order chi connectivity index (χ0) is 25.0. The number of hydrazone groups is 1. The first kappa shape index (κ1) is 26.9. The Kier molecular flexibility index (Phi) is 10.5. The first-order chi connectivity index (χ1) is 16.1. The Morgan fingerprint density at radius 1 is 1.00 bits per heavy atom. The molecule has 2 N–H and O–H groups in total. The van der Waals surface area contributed by atoms with Crippen LogP contribution in [0.1, 0.15) is 45.7 Å². The SMILES string of the molecule is CC(C)COc1ccc(/C=N\NC(=O)[C@H](COCc2ccccc2)NC(=O)OC(C)(C)C)cc1. The van der Waals surface area contributed by atoms with Gasteiger partial charge in [-0.15, -0.1) is 0 Å². The summed E-state index contributed by atoms with van der Waals surface area (Å²) in [6.45, 7) is 10.3. The Morgan fingerprint density at radius 2 is 1.68 bits per heavy atom. The summed E-state index contributed by atoms with van der Waals surface area (Å²) in [4.78, 5) is 24.9. The van der Waals surface area contributed by atoms with Crippen LogP contribution < -0.4 is 15.5 Å². The van der Waals surface area contributed by atoms with Gasteiger partial charge in [-0.3, -0.25) is 4.79 Å². The van der Waals surface area contributed by atoms with E-state index in [1.807, 2.05) is 54.6 Å². The first-order valence-electron chi connectivity index (χ1n) is 11.3. The molecule has 1 atom stereocenters. The van der Waals surface area contributed by atoms with Crippen molar-refractivity contribution in [1.82, 2.24) is 10.7 Å². The zero-order valence-corrected chi connectivity index (χ0v) is 20.5. The van der Waals surface area contributed by atoms with Gasteiger partial charge in [0, 0.05) is 0 Å². The average molecular weight is 470 g/mol. The summed E-state index contributed by atoms with van der Waals surface area (Å²) in [5, 5.41) is 6.55. The van der Waals surface area contributed by atoms with Crippen molar-refractivity contribution in [2.75, 3.05) is 13.2 Å². The van der Waals surface area contributed by atoms with Gasteiger partial charge in [-0.25, -0.2) is 10.2 Å². The second kappa shape index (κ2) is 13.3. The van der Waals surface area contributed by atoms with Crippen LogP contribution in [-0.4, -0.2) is 43.1 Å². The predicted octanol–water partition coefficient (Wildman–Crippen LogP) is 4.28. The Bertz CT molecular complexity index is 922. The summed E-state index contributed by atoms with van der Waals surface area (Å²) in [7, 11) is 0. The molecule has 0 fully saturated rings. The van der Waals surface area contributed by atoms with E-state index >= 15 is 0 Å². The largest absolute Gasteiger partial charge is 0.493 e. The predicted molar refractivity (Wildman–Crippen MR) is 132 cm³/mol. The molecule has 0 saturated heterocycles. The average Bonchev–Trinajstić information content (AvgIpc) is 2.77. The van der Waals surface area contributed by atoms with Crippen LogP contribution in [0.4, 0.5) is 4.79 Å². The smallest absolute Gasteiger partial charge is 0.408 e. The molecule has 8 heteroatoms. The van der Waals surface area contributed by atoms with Crippen LogP contribution in [0.5, 0.6) is 5.75 Å². The van der Waals surface area contributed by atoms with Crippen LogP contribution in [0.2, 0.25) is 0 Å². The molecule has 0 aliphatic heterocycles. The van der Waals surface area contributed by atoms with Gasteiger partial charge in [0.15, 0.2) is 0 Å². The lowest BCUT2D eigenvalue weighted by atomic mass is 10.2. The molecule has 2 aromatic rings. The number of carbonyl (C=O) groups excluding carboxylic acids is 2. The van der Waals surface area contributed by atoms with E-state index in [4.69, 9.17) is 14.2 Å². The van der Waals surface area contributed by atoms with E-state index in [1.165, 1.54) is 6.21 Å². The van der Waals surface area contributed by atoms with E-state index in [1.54, 1.807) is 20.8 Å². The molecule has 0 radical (unpaired) electrons. The van der Waals surface area contributed by atoms with Crippen molar-refractivity contribution in [2.45, 2.75) is 52.9 Å². The topological polar surface area (TPSA) is 98.3 Å². The van der Waals surface area contributed by atoms with E-state index < -0.39 is 23.6 Å². The summed E-state index contributed by atoms with van der Waals surface area (Å²) in [5.74, 6) is 0.689. The number of nitrogens with one attached hydrogen (secondary N) is 2. The van der Waals surface area contributed by atoms with Gasteiger partial charge in [-0.2, -0.15) is 5.10 Å². The molecule has 0 aromatic heterocycles. The minimum absolute atomic E-state index is 0.0443. The zero-order valence-electron chi connectivity index (χ0n) is 20.5. The van der Waals surface area contributed by atoms with Crippen molar-refractivity contribution in [3.8, 4) is 5.75 Å². The van der Waals surface area contributed by atoms with Crippen LogP contribution >= 0.6 is 0 Å². The Labute approximate surface area is 201 Å². The van der Waals surface area contributed by atoms with E-state index in [-0.39, 0.29) is 6.61 Å². The molecule has 8 nitrogen and oxygen atoms in total. The summed E-state index contributed by atoms with van der Waals surface area (Å²) < 4.78 is 16.6. The number of rotatable bonds is 11. The quantitative estimate of drug-likeness (QED) is 0.378. The van der Waals surface area contributed by atoms with Gasteiger partial charge in [0.2, 0.25) is 0 Å². The first-order valence-corrected chi connectivity index (χ1v) is 11.3. The van der Waals surface area contributed by atoms with E-state index in [2.05, 4.69) is 29.7 Å². The number of amides is 2. The van der Waals surface area contributed by atoms with Gasteiger partial charge in [0.25, 0.3) is 5.91 Å². The van der Waals surface area contributed by atoms with Crippen molar-refractivity contribution < 1.29 is 23.8 Å². The van der Waals surface area contributed by atoms with Crippen LogP contribution in [0, 0.1) is 5.92 Å². The monoisotopic (exact) mass is 469 g/mol. The maximum absolute atomic E-state index is 12.7. The highest BCUT2D eigenvalue weighted by atomic mass is 16.6. The molecule has 0 bridgehead atoms. The highest BCUT2D eigenvalue weighted by Crippen LogP contribution is 2.12. The molecule has 0 aliphatic carbocycles. The summed E-state index contributed by atoms with van der Waals surface area (Å²) in [5.41, 5.74) is 3.50. The summed E-state index contributed by atoms with van der Waals surface area (Å²) >= 11 is 0. The molecule has 2 aromatic carbocycles. The second-order valence-electron chi connectivity index (χ2n) is 9.21. The minimum Gasteiger partial charge on any atom is -0.493 e. The molecule has 2 amide bonds. The molecule has 0 aliphatic rings. The van der Waals surface area contributed by atoms with Crippen molar-refractivity contribution in [1.29, 1.82) is 0 Å². The van der Waals surface area contributed by atoms with Crippen LogP contribution in [0.15, 0.2) is 59.7 Å². The molecular weight excluding hydrogens is 434 g/mol. The minimum atomic E-state index is -0.984. The van der Waals surface area contributed by atoms with Gasteiger partial charge in [0.05, 0.1) is 26.0 Å². The fourth-order valence-corrected chi connectivity index (χ4v) is 2.66. The standard InChI is InChI=1S/C26H35N3O5/c1-19(2)16-33-22-13-11-20(12-14-22)15-27-29-24(30)23(28-25(31)34-26(3,4)5)18-32-17-21-9-7-6-8-10-21/h6-15,19,23H,16-18H2,1-5H3,(H,28,31)(H,29,30)/b27-15-/t23-/m0/s1. The summed E-state index contributed by atoms with van der Waals surface area (Å²) in [6, 6.07) is 15.9. The Balaban J connectivity index is 1.93. The van der Waals surface area contributed by atoms with Crippen LogP contribution in [0.3, 0.4) is 0 Å². The summed E-state index contributed by atoms with van der Waals surface area (Å²) in [6.07, 6.45) is 0.802. The molecule has 34 heavy (non-hydrogen) atoms. The molecule has 0 unspecified atom stereocenters. The molecular formula is C26H35N3O5. The third-order valence-corrected chi connectivity index (χ3v) is 4.26. The maximum atomic E-state index is 12.7. The van der Waals surface area contributed by atoms with E-state index in [0.717, 1.165) is 16.9 Å². The number of benzene rings is 2. The number of hydrogen-bond donors (Lipinski definition) is 2. The van der Waals surface area contributed by atoms with Crippen molar-refractivity contribution in [2.24, 2.45) is 11.0 Å². The van der Waals surface area contributed by atoms with Crippen molar-refractivity contribution >= 4 is 18.2 Å². The maximum Gasteiger partial charge on any atom is 0.408 e. The van der Waals surface area contributed by atoms with Gasteiger partial charge >= 0.3 is 6.09 Å². The van der Waals surface area contributed by atoms with Gasteiger partial charge < -0.3 is 19.5 Å². The number of hydrogen-bond acceptors (Lipinski definition) is 6. The Morgan fingerprint density at radius 3 is 2.29 bits per heavy atom. The number of alkyl carbamates (subject to hydrolysis) is 1. The van der Waals surface area contributed by atoms with Gasteiger partial charge in [0.1, 0.15) is 17.4 Å². The molecule has 0 heterocycles. The molecule has 184 valence electrons. The van der Waals surface area contributed by atoms with Crippen LogP contribution in [0.25, 0.3) is 0 Å². The molecule has 0 spiro atoms. The second-order valence-corrected chi connectivity index (χ2v) is 9.21. The normalized spacial score (nSPS) is 12.4. The number of ether oxygens (including phenoxy) is 3. The van der Waals surface area contributed by atoms with Crippen molar-refractivity contribution in [3.05, 3.63) is 65.7 Å². The third-order valence-electron chi connectivity index (χ3n) is 4.26. The van der Waals surface area contributed by atoms with Gasteiger partial charge in [-0.05, 0) is 62.1 Å². The molecule has 0 saturated carbocycles. The molecule has 2 rings (SSSR count). The van der Waals surface area contributed by atoms with Gasteiger partial charge in [-0.1, -0.05) is 44.2 Å². The van der Waals surface area contributed by atoms with Crippen molar-refractivity contribution in [3.63, 3.8) is 0 Å². The van der Waals surface area contributed by atoms with E-state index in [9.17, 15) is 9.59 Å². The lowest BCUT2D eigenvalue weighted by molar-refractivity contribution is -0.124. The van der Waals surface area contributed by atoms with E-state index in [0.29, 0.717) is 19.1 Å². The lowest BCUT2D eigenvalue weighted by Gasteiger charge is -2.22. The third kappa shape index (κ3) is 11.0. The van der Waals surface area contributed by atoms with Crippen LogP contribution in [-0.2, 0) is 20.9 Å². The fraction of sp³-hybridized carbons (Fsp3) is 0.423.